The molecule has 0 saturated carbocycles. The Morgan fingerprint density at radius 2 is 0.765 bits per heavy atom. The minimum absolute atomic E-state index is 0.0114. The van der Waals surface area contributed by atoms with Crippen molar-refractivity contribution >= 4 is 11.9 Å². The van der Waals surface area contributed by atoms with E-state index in [1.54, 1.807) is 0 Å². The van der Waals surface area contributed by atoms with Gasteiger partial charge < -0.3 is 20.3 Å². The lowest BCUT2D eigenvalue weighted by atomic mass is 10.0. The van der Waals surface area contributed by atoms with Gasteiger partial charge in [0.05, 0.1) is 25.4 Å². The van der Waals surface area contributed by atoms with Crippen molar-refractivity contribution in [3.8, 4) is 0 Å². The molecule has 0 rings (SSSR count). The maximum atomic E-state index is 12.5. The summed E-state index contributed by atoms with van der Waals surface area (Å²) in [4.78, 5) is 24.5. The van der Waals surface area contributed by atoms with Crippen LogP contribution >= 0.6 is 0 Å². The second-order valence-electron chi connectivity index (χ2n) is 21.0. The molecule has 0 radical (unpaired) electrons. The first-order valence-corrected chi connectivity index (χ1v) is 30.6. The maximum absolute atomic E-state index is 12.5. The van der Waals surface area contributed by atoms with Crippen molar-refractivity contribution in [2.24, 2.45) is 0 Å². The quantitative estimate of drug-likeness (QED) is 0.0321. The largest absolute Gasteiger partial charge is 0.466 e. The molecule has 0 saturated heterocycles. The number of hydrogen-bond donors (Lipinski definition) is 3. The van der Waals surface area contributed by atoms with Crippen molar-refractivity contribution in [1.29, 1.82) is 0 Å². The van der Waals surface area contributed by atoms with Gasteiger partial charge in [0.15, 0.2) is 0 Å². The number of carbonyl (C=O) groups excluding carboxylic acids is 2. The third-order valence-electron chi connectivity index (χ3n) is 14.2. The average molecular weight is 959 g/mol. The van der Waals surface area contributed by atoms with E-state index in [1.807, 2.05) is 0 Å². The van der Waals surface area contributed by atoms with Gasteiger partial charge in [0, 0.05) is 12.8 Å². The van der Waals surface area contributed by atoms with Gasteiger partial charge in [-0.1, -0.05) is 295 Å². The molecule has 2 atom stereocenters. The molecule has 1 amide bonds. The standard InChI is InChI=1S/C62H119NO5/c1-3-5-7-9-11-13-15-17-18-19-20-21-22-23-24-27-31-34-38-42-46-50-54-60(65)59(58-64)63-61(66)55-51-47-43-39-35-32-28-25-26-29-33-37-41-45-49-53-57-68-62(67)56-52-48-44-40-36-30-16-14-12-10-8-6-4-2/h8,10,14,16,59-60,64-65H,3-7,9,11-13,15,17-58H2,1-2H3,(H,63,66)/b10-8-,16-14-. The summed E-state index contributed by atoms with van der Waals surface area (Å²) in [5.74, 6) is -0.0504. The molecule has 0 aromatic carbocycles. The molecular formula is C62H119NO5. The van der Waals surface area contributed by atoms with E-state index in [0.29, 0.717) is 25.9 Å². The van der Waals surface area contributed by atoms with Crippen LogP contribution in [0.5, 0.6) is 0 Å². The Bertz CT molecular complexity index is 1060. The minimum atomic E-state index is -0.670. The molecule has 0 heterocycles. The molecular weight excluding hydrogens is 839 g/mol. The molecule has 68 heavy (non-hydrogen) atoms. The number of aliphatic hydroxyl groups excluding tert-OH is 2. The summed E-state index contributed by atoms with van der Waals surface area (Å²) in [5, 5.41) is 23.4. The lowest BCUT2D eigenvalue weighted by Gasteiger charge is -2.22. The molecule has 6 nitrogen and oxygen atoms in total. The van der Waals surface area contributed by atoms with E-state index in [-0.39, 0.29) is 18.5 Å². The zero-order chi connectivity index (χ0) is 49.3. The number of esters is 1. The molecule has 0 aromatic rings. The Morgan fingerprint density at radius 3 is 1.18 bits per heavy atom. The fourth-order valence-corrected chi connectivity index (χ4v) is 9.56. The maximum Gasteiger partial charge on any atom is 0.305 e. The molecule has 402 valence electrons. The lowest BCUT2D eigenvalue weighted by molar-refractivity contribution is -0.143. The van der Waals surface area contributed by atoms with Gasteiger partial charge in [0.2, 0.25) is 5.91 Å². The van der Waals surface area contributed by atoms with Crippen LogP contribution in [-0.2, 0) is 14.3 Å². The highest BCUT2D eigenvalue weighted by Gasteiger charge is 2.20. The van der Waals surface area contributed by atoms with E-state index in [0.717, 1.165) is 57.8 Å². The summed E-state index contributed by atoms with van der Waals surface area (Å²) in [7, 11) is 0. The number of ether oxygens (including phenoxy) is 1. The first-order valence-electron chi connectivity index (χ1n) is 30.6. The second kappa shape index (κ2) is 57.9. The fourth-order valence-electron chi connectivity index (χ4n) is 9.56. The fraction of sp³-hybridized carbons (Fsp3) is 0.903. The monoisotopic (exact) mass is 958 g/mol. The van der Waals surface area contributed by atoms with Crippen molar-refractivity contribution < 1.29 is 24.5 Å². The van der Waals surface area contributed by atoms with Crippen LogP contribution in [0.1, 0.15) is 335 Å². The summed E-state index contributed by atoms with van der Waals surface area (Å²) in [6.07, 6.45) is 70.3. The third kappa shape index (κ3) is 53.7. The van der Waals surface area contributed by atoms with Crippen molar-refractivity contribution in [1.82, 2.24) is 5.32 Å². The predicted molar refractivity (Wildman–Crippen MR) is 296 cm³/mol. The molecule has 0 aliphatic rings. The van der Waals surface area contributed by atoms with Gasteiger partial charge in [-0.2, -0.15) is 0 Å². The molecule has 0 aliphatic heterocycles. The Balaban J connectivity index is 3.43. The van der Waals surface area contributed by atoms with Crippen LogP contribution in [0.15, 0.2) is 24.3 Å². The van der Waals surface area contributed by atoms with Crippen LogP contribution in [0.2, 0.25) is 0 Å². The molecule has 0 fully saturated rings. The van der Waals surface area contributed by atoms with E-state index < -0.39 is 12.1 Å². The van der Waals surface area contributed by atoms with Crippen molar-refractivity contribution in [2.75, 3.05) is 13.2 Å². The Morgan fingerprint density at radius 1 is 0.412 bits per heavy atom. The minimum Gasteiger partial charge on any atom is -0.466 e. The average Bonchev–Trinajstić information content (AvgIpc) is 3.34. The number of nitrogens with one attached hydrogen (secondary N) is 1. The van der Waals surface area contributed by atoms with Gasteiger partial charge in [-0.25, -0.2) is 0 Å². The topological polar surface area (TPSA) is 95.9 Å². The van der Waals surface area contributed by atoms with E-state index in [4.69, 9.17) is 4.74 Å². The van der Waals surface area contributed by atoms with Gasteiger partial charge in [-0.15, -0.1) is 0 Å². The SMILES string of the molecule is CCC/C=C\C/C=C\CCCCCCCC(=O)OCCCCCCCCCCCCCCCCCCC(=O)NC(CO)C(O)CCCCCCCCCCCCCCCCCCCCCCCC. The highest BCUT2D eigenvalue weighted by molar-refractivity contribution is 5.76. The van der Waals surface area contributed by atoms with Crippen LogP contribution in [0.25, 0.3) is 0 Å². The molecule has 0 aromatic heterocycles. The predicted octanol–water partition coefficient (Wildman–Crippen LogP) is 19.0. The number of amides is 1. The molecule has 3 N–H and O–H groups in total. The Hall–Kier alpha value is -1.66. The number of carbonyl (C=O) groups is 2. The van der Waals surface area contributed by atoms with E-state index >= 15 is 0 Å². The number of rotatable bonds is 57. The van der Waals surface area contributed by atoms with Gasteiger partial charge in [-0.05, 0) is 51.4 Å². The van der Waals surface area contributed by atoms with Crippen molar-refractivity contribution in [3.63, 3.8) is 0 Å². The van der Waals surface area contributed by atoms with Crippen LogP contribution in [0.3, 0.4) is 0 Å². The van der Waals surface area contributed by atoms with E-state index in [2.05, 4.69) is 43.5 Å². The second-order valence-corrected chi connectivity index (χ2v) is 21.0. The smallest absolute Gasteiger partial charge is 0.305 e. The van der Waals surface area contributed by atoms with Crippen LogP contribution < -0.4 is 5.32 Å². The van der Waals surface area contributed by atoms with Crippen LogP contribution in [0.4, 0.5) is 0 Å². The highest BCUT2D eigenvalue weighted by Crippen LogP contribution is 2.18. The van der Waals surface area contributed by atoms with Gasteiger partial charge in [0.1, 0.15) is 0 Å². The summed E-state index contributed by atoms with van der Waals surface area (Å²) >= 11 is 0. The Kier molecular flexibility index (Phi) is 56.5. The van der Waals surface area contributed by atoms with Crippen molar-refractivity contribution in [2.45, 2.75) is 347 Å². The molecule has 0 aliphatic carbocycles. The lowest BCUT2D eigenvalue weighted by Crippen LogP contribution is -2.45. The third-order valence-corrected chi connectivity index (χ3v) is 14.2. The molecule has 2 unspecified atom stereocenters. The first kappa shape index (κ1) is 66.3. The first-order chi connectivity index (χ1) is 33.5. The van der Waals surface area contributed by atoms with E-state index in [1.165, 1.54) is 244 Å². The Labute approximate surface area is 424 Å². The van der Waals surface area contributed by atoms with Crippen molar-refractivity contribution in [3.05, 3.63) is 24.3 Å². The normalized spacial score (nSPS) is 12.7. The number of aliphatic hydroxyl groups is 2. The zero-order valence-electron chi connectivity index (χ0n) is 45.9. The summed E-state index contributed by atoms with van der Waals surface area (Å²) in [6, 6.07) is -0.548. The van der Waals surface area contributed by atoms with Crippen LogP contribution in [0, 0.1) is 0 Å². The highest BCUT2D eigenvalue weighted by atomic mass is 16.5. The molecule has 6 heteroatoms. The zero-order valence-corrected chi connectivity index (χ0v) is 45.9. The summed E-state index contributed by atoms with van der Waals surface area (Å²) < 4.78 is 5.46. The number of unbranched alkanes of at least 4 members (excludes halogenated alkanes) is 42. The molecule has 0 spiro atoms. The molecule has 0 bridgehead atoms. The van der Waals surface area contributed by atoms with Gasteiger partial charge in [-0.3, -0.25) is 9.59 Å². The number of allylic oxidation sites excluding steroid dienone is 4. The van der Waals surface area contributed by atoms with Gasteiger partial charge >= 0.3 is 5.97 Å². The summed E-state index contributed by atoms with van der Waals surface area (Å²) in [5.41, 5.74) is 0. The summed E-state index contributed by atoms with van der Waals surface area (Å²) in [6.45, 7) is 4.89. The number of hydrogen-bond acceptors (Lipinski definition) is 5. The van der Waals surface area contributed by atoms with Gasteiger partial charge in [0.25, 0.3) is 0 Å². The van der Waals surface area contributed by atoms with E-state index in [9.17, 15) is 19.8 Å². The van der Waals surface area contributed by atoms with Crippen LogP contribution in [-0.4, -0.2) is 47.4 Å².